The van der Waals surface area contributed by atoms with Gasteiger partial charge in [-0.1, -0.05) is 13.8 Å². The van der Waals surface area contributed by atoms with E-state index in [1.807, 2.05) is 0 Å². The maximum Gasteiger partial charge on any atom is 0.0244 e. The van der Waals surface area contributed by atoms with Crippen molar-refractivity contribution < 1.29 is 4.21 Å². The van der Waals surface area contributed by atoms with Gasteiger partial charge in [0, 0.05) is 35.4 Å². The van der Waals surface area contributed by atoms with E-state index < -0.39 is 10.8 Å². The molecule has 96 valence electrons. The third kappa shape index (κ3) is 5.41. The van der Waals surface area contributed by atoms with Crippen molar-refractivity contribution in [1.82, 2.24) is 10.2 Å². The van der Waals surface area contributed by atoms with Crippen molar-refractivity contribution in [3.05, 3.63) is 0 Å². The van der Waals surface area contributed by atoms with Gasteiger partial charge in [-0.05, 0) is 38.4 Å². The van der Waals surface area contributed by atoms with Gasteiger partial charge in [-0.15, -0.1) is 0 Å². The number of hydrogen-bond donors (Lipinski definition) is 1. The summed E-state index contributed by atoms with van der Waals surface area (Å²) in [7, 11) is -0.634. The molecular weight excluding hydrogens is 220 g/mol. The predicted octanol–water partition coefficient (Wildman–Crippen LogP) is 1.07. The van der Waals surface area contributed by atoms with Gasteiger partial charge in [0.2, 0.25) is 0 Å². The maximum absolute atomic E-state index is 11.0. The molecule has 1 N–H and O–H groups in total. The zero-order chi connectivity index (χ0) is 12.0. The molecule has 0 bridgehead atoms. The van der Waals surface area contributed by atoms with E-state index >= 15 is 0 Å². The van der Waals surface area contributed by atoms with E-state index in [0.717, 1.165) is 31.8 Å². The SMILES string of the molecule is CC(C)C1CN(CCCS(C)=O)CCCN1. The Hall–Kier alpha value is 0.0700. The molecule has 0 aromatic carbocycles. The summed E-state index contributed by atoms with van der Waals surface area (Å²) in [5, 5.41) is 3.61. The summed E-state index contributed by atoms with van der Waals surface area (Å²) < 4.78 is 11.0. The van der Waals surface area contributed by atoms with Crippen LogP contribution in [0, 0.1) is 5.92 Å². The summed E-state index contributed by atoms with van der Waals surface area (Å²) in [5.41, 5.74) is 0. The van der Waals surface area contributed by atoms with Crippen LogP contribution in [0.15, 0.2) is 0 Å². The van der Waals surface area contributed by atoms with E-state index in [4.69, 9.17) is 0 Å². The molecule has 0 aromatic heterocycles. The van der Waals surface area contributed by atoms with Crippen LogP contribution >= 0.6 is 0 Å². The van der Waals surface area contributed by atoms with Gasteiger partial charge in [0.1, 0.15) is 0 Å². The quantitative estimate of drug-likeness (QED) is 0.788. The molecule has 1 rings (SSSR count). The highest BCUT2D eigenvalue weighted by atomic mass is 32.2. The van der Waals surface area contributed by atoms with Gasteiger partial charge < -0.3 is 10.2 Å². The Labute approximate surface area is 102 Å². The van der Waals surface area contributed by atoms with E-state index in [9.17, 15) is 4.21 Å². The van der Waals surface area contributed by atoms with Crippen LogP contribution < -0.4 is 5.32 Å². The van der Waals surface area contributed by atoms with E-state index in [2.05, 4.69) is 24.1 Å². The van der Waals surface area contributed by atoms with Crippen molar-refractivity contribution in [2.45, 2.75) is 32.7 Å². The zero-order valence-corrected chi connectivity index (χ0v) is 11.7. The maximum atomic E-state index is 11.0. The highest BCUT2D eigenvalue weighted by Crippen LogP contribution is 2.08. The number of hydrogen-bond acceptors (Lipinski definition) is 3. The van der Waals surface area contributed by atoms with Crippen molar-refractivity contribution >= 4 is 10.8 Å². The smallest absolute Gasteiger partial charge is 0.0244 e. The largest absolute Gasteiger partial charge is 0.312 e. The fourth-order valence-corrected chi connectivity index (χ4v) is 2.70. The minimum atomic E-state index is -0.634. The van der Waals surface area contributed by atoms with Crippen LogP contribution in [0.1, 0.15) is 26.7 Å². The monoisotopic (exact) mass is 246 g/mol. The van der Waals surface area contributed by atoms with Gasteiger partial charge in [-0.2, -0.15) is 0 Å². The first-order valence-corrected chi connectivity index (χ1v) is 8.08. The van der Waals surface area contributed by atoms with Crippen molar-refractivity contribution in [3.63, 3.8) is 0 Å². The lowest BCUT2D eigenvalue weighted by Gasteiger charge is -2.26. The Morgan fingerprint density at radius 3 is 2.88 bits per heavy atom. The first kappa shape index (κ1) is 14.1. The highest BCUT2D eigenvalue weighted by Gasteiger charge is 2.19. The molecule has 1 saturated heterocycles. The molecule has 0 aliphatic carbocycles. The van der Waals surface area contributed by atoms with Gasteiger partial charge in [0.15, 0.2) is 0 Å². The molecule has 4 heteroatoms. The first-order valence-electron chi connectivity index (χ1n) is 6.35. The second-order valence-electron chi connectivity index (χ2n) is 5.09. The van der Waals surface area contributed by atoms with Crippen LogP contribution in [0.25, 0.3) is 0 Å². The first-order chi connectivity index (χ1) is 7.59. The Morgan fingerprint density at radius 1 is 1.50 bits per heavy atom. The molecule has 0 aromatic rings. The van der Waals surface area contributed by atoms with Crippen LogP contribution in [0.5, 0.6) is 0 Å². The molecule has 16 heavy (non-hydrogen) atoms. The number of rotatable bonds is 5. The molecular formula is C12H26N2OS. The molecule has 3 nitrogen and oxygen atoms in total. The third-order valence-corrected chi connectivity index (χ3v) is 4.09. The minimum Gasteiger partial charge on any atom is -0.312 e. The molecule has 0 amide bonds. The molecule has 1 aliphatic rings. The fraction of sp³-hybridized carbons (Fsp3) is 1.00. The predicted molar refractivity (Wildman–Crippen MR) is 71.2 cm³/mol. The second kappa shape index (κ2) is 7.41. The summed E-state index contributed by atoms with van der Waals surface area (Å²) in [4.78, 5) is 2.53. The van der Waals surface area contributed by atoms with Crippen LogP contribution in [-0.2, 0) is 10.8 Å². The van der Waals surface area contributed by atoms with Gasteiger partial charge in [0.25, 0.3) is 0 Å². The highest BCUT2D eigenvalue weighted by molar-refractivity contribution is 7.84. The Balaban J connectivity index is 2.31. The van der Waals surface area contributed by atoms with Gasteiger partial charge >= 0.3 is 0 Å². The molecule has 0 saturated carbocycles. The summed E-state index contributed by atoms with van der Waals surface area (Å²) in [5.74, 6) is 1.54. The average Bonchev–Trinajstić information content (AvgIpc) is 2.42. The van der Waals surface area contributed by atoms with Gasteiger partial charge in [-0.3, -0.25) is 4.21 Å². The molecule has 1 aliphatic heterocycles. The van der Waals surface area contributed by atoms with Crippen LogP contribution in [-0.4, -0.2) is 53.3 Å². The van der Waals surface area contributed by atoms with Gasteiger partial charge in [0.05, 0.1) is 0 Å². The summed E-state index contributed by atoms with van der Waals surface area (Å²) in [6.07, 6.45) is 4.09. The minimum absolute atomic E-state index is 0.620. The van der Waals surface area contributed by atoms with Crippen molar-refractivity contribution in [1.29, 1.82) is 0 Å². The lowest BCUT2D eigenvalue weighted by molar-refractivity contribution is 0.246. The lowest BCUT2D eigenvalue weighted by Crippen LogP contribution is -2.41. The molecule has 0 spiro atoms. The second-order valence-corrected chi connectivity index (χ2v) is 6.64. The van der Waals surface area contributed by atoms with Crippen LogP contribution in [0.3, 0.4) is 0 Å². The van der Waals surface area contributed by atoms with E-state index in [0.29, 0.717) is 12.0 Å². The normalized spacial score (nSPS) is 25.6. The molecule has 2 unspecified atom stereocenters. The molecule has 0 radical (unpaired) electrons. The average molecular weight is 246 g/mol. The zero-order valence-electron chi connectivity index (χ0n) is 10.9. The van der Waals surface area contributed by atoms with Crippen molar-refractivity contribution in [2.24, 2.45) is 5.92 Å². The van der Waals surface area contributed by atoms with E-state index in [1.165, 1.54) is 13.0 Å². The van der Waals surface area contributed by atoms with Crippen molar-refractivity contribution in [2.75, 3.05) is 38.2 Å². The third-order valence-electron chi connectivity index (χ3n) is 3.22. The molecule has 1 heterocycles. The summed E-state index contributed by atoms with van der Waals surface area (Å²) >= 11 is 0. The standard InChI is InChI=1S/C12H26N2OS/c1-11(2)12-10-14(7-4-6-13-12)8-5-9-16(3)15/h11-13H,4-10H2,1-3H3. The van der Waals surface area contributed by atoms with Crippen molar-refractivity contribution in [3.8, 4) is 0 Å². The number of nitrogens with one attached hydrogen (secondary N) is 1. The van der Waals surface area contributed by atoms with E-state index in [1.54, 1.807) is 6.26 Å². The fourth-order valence-electron chi connectivity index (χ4n) is 2.17. The van der Waals surface area contributed by atoms with Gasteiger partial charge in [-0.25, -0.2) is 0 Å². The summed E-state index contributed by atoms with van der Waals surface area (Å²) in [6, 6.07) is 0.620. The van der Waals surface area contributed by atoms with Crippen LogP contribution in [0.4, 0.5) is 0 Å². The molecule has 1 fully saturated rings. The van der Waals surface area contributed by atoms with E-state index in [-0.39, 0.29) is 0 Å². The summed E-state index contributed by atoms with van der Waals surface area (Å²) in [6.45, 7) is 9.13. The number of nitrogens with zero attached hydrogens (tertiary/aromatic N) is 1. The Morgan fingerprint density at radius 2 is 2.25 bits per heavy atom. The molecule has 2 atom stereocenters. The Bertz CT molecular complexity index is 221. The lowest BCUT2D eigenvalue weighted by atomic mass is 10.0. The van der Waals surface area contributed by atoms with Crippen LogP contribution in [0.2, 0.25) is 0 Å². The Kier molecular flexibility index (Phi) is 6.54. The topological polar surface area (TPSA) is 32.3 Å².